The van der Waals surface area contributed by atoms with Gasteiger partial charge in [0, 0.05) is 18.1 Å². The average molecular weight is 588 g/mol. The third-order valence-corrected chi connectivity index (χ3v) is 12.5. The van der Waals surface area contributed by atoms with Gasteiger partial charge in [0.05, 0.1) is 11.8 Å². The lowest BCUT2D eigenvalue weighted by molar-refractivity contribution is -0.123. The van der Waals surface area contributed by atoms with Crippen LogP contribution in [0.2, 0.25) is 18.1 Å². The zero-order chi connectivity index (χ0) is 26.2. The zero-order valence-corrected chi connectivity index (χ0v) is 24.2. The summed E-state index contributed by atoms with van der Waals surface area (Å²) in [7, 11) is -0.657. The van der Waals surface area contributed by atoms with Gasteiger partial charge in [-0.2, -0.15) is 0 Å². The van der Waals surface area contributed by atoms with Crippen LogP contribution < -0.4 is 14.4 Å². The van der Waals surface area contributed by atoms with Gasteiger partial charge in [-0.25, -0.2) is 4.21 Å². The highest BCUT2D eigenvalue weighted by molar-refractivity contribution is 9.10. The Morgan fingerprint density at radius 2 is 1.83 bits per heavy atom. The molecule has 3 N–H and O–H groups in total. The Kier molecular flexibility index (Phi) is 11.2. The number of phenols is 1. The Labute approximate surface area is 219 Å². The minimum atomic E-state index is -2.30. The van der Waals surface area contributed by atoms with E-state index in [1.54, 1.807) is 18.2 Å². The molecule has 35 heavy (non-hydrogen) atoms. The lowest BCUT2D eigenvalue weighted by atomic mass is 10.1. The molecular weight excluding hydrogens is 552 g/mol. The molecule has 194 valence electrons. The summed E-state index contributed by atoms with van der Waals surface area (Å²) in [5, 5.41) is 13.1. The molecule has 1 amide bonds. The Bertz CT molecular complexity index is 1030. The van der Waals surface area contributed by atoms with Crippen LogP contribution in [0.5, 0.6) is 11.5 Å². The van der Waals surface area contributed by atoms with E-state index in [9.17, 15) is 18.7 Å². The Morgan fingerprint density at radius 1 is 1.17 bits per heavy atom. The van der Waals surface area contributed by atoms with Crippen LogP contribution in [0, 0.1) is 6.92 Å². The Morgan fingerprint density at radius 3 is 2.40 bits per heavy atom. The summed E-state index contributed by atoms with van der Waals surface area (Å²) in [6, 6.07) is 13.1. The molecule has 0 fully saturated rings. The van der Waals surface area contributed by atoms with Crippen molar-refractivity contribution in [2.45, 2.75) is 51.9 Å². The van der Waals surface area contributed by atoms with E-state index in [-0.39, 0.29) is 30.5 Å². The minimum absolute atomic E-state index is 0.121. The number of amides is 1. The molecule has 2 unspecified atom stereocenters. The molecule has 0 aliphatic rings. The molecule has 2 atom stereocenters. The number of hydrogen-bond acceptors (Lipinski definition) is 5. The second kappa shape index (κ2) is 13.4. The lowest BCUT2D eigenvalue weighted by Crippen LogP contribution is -2.41. The van der Waals surface area contributed by atoms with Crippen molar-refractivity contribution in [2.75, 3.05) is 24.5 Å². The molecule has 0 aliphatic carbocycles. The van der Waals surface area contributed by atoms with E-state index in [2.05, 4.69) is 42.0 Å². The fourth-order valence-corrected chi connectivity index (χ4v) is 7.10. The highest BCUT2D eigenvalue weighted by atomic mass is 79.9. The second-order valence-electron chi connectivity index (χ2n) is 8.33. The summed E-state index contributed by atoms with van der Waals surface area (Å²) in [5.41, 5.74) is 1.91. The van der Waals surface area contributed by atoms with E-state index in [1.807, 2.05) is 19.1 Å². The summed E-state index contributed by atoms with van der Waals surface area (Å²) in [4.78, 5) is 12.6. The first-order valence-electron chi connectivity index (χ1n) is 11.6. The highest BCUT2D eigenvalue weighted by Gasteiger charge is 2.33. The van der Waals surface area contributed by atoms with E-state index in [0.29, 0.717) is 11.3 Å². The van der Waals surface area contributed by atoms with Crippen molar-refractivity contribution < 1.29 is 27.8 Å². The molecule has 0 aromatic heterocycles. The predicted octanol–water partition coefficient (Wildman–Crippen LogP) is 5.29. The topological polar surface area (TPSA) is 108 Å². The van der Waals surface area contributed by atoms with Crippen LogP contribution in [-0.4, -0.2) is 48.3 Å². The maximum absolute atomic E-state index is 12.6. The summed E-state index contributed by atoms with van der Waals surface area (Å²) in [5.74, 6) is 0.194. The smallest absolute Gasteiger partial charge is 0.261 e. The number of phenolic OH excluding ortho intramolecular Hbond substituents is 1. The van der Waals surface area contributed by atoms with E-state index in [1.165, 1.54) is 13.1 Å². The lowest BCUT2D eigenvalue weighted by Gasteiger charge is -2.34. The van der Waals surface area contributed by atoms with Gasteiger partial charge < -0.3 is 19.6 Å². The number of nitrogens with one attached hydrogen (secondary N) is 1. The van der Waals surface area contributed by atoms with Gasteiger partial charge in [-0.1, -0.05) is 42.8 Å². The first kappa shape index (κ1) is 29.3. The van der Waals surface area contributed by atoms with E-state index < -0.39 is 25.7 Å². The fraction of sp³-hybridized carbons (Fsp3) is 0.458. The van der Waals surface area contributed by atoms with Gasteiger partial charge in [0.1, 0.15) is 11.5 Å². The van der Waals surface area contributed by atoms with Crippen molar-refractivity contribution in [1.29, 1.82) is 0 Å². The number of halogens is 1. The molecule has 0 aliphatic heterocycles. The number of ether oxygens (including phenoxy) is 1. The van der Waals surface area contributed by atoms with Crippen LogP contribution in [0.1, 0.15) is 38.0 Å². The number of aromatic hydroxyl groups is 1. The van der Waals surface area contributed by atoms with Gasteiger partial charge in [-0.15, -0.1) is 0 Å². The normalized spacial score (nSPS) is 13.2. The molecule has 0 radical (unpaired) electrons. The number of carbonyl (C=O) groups excluding carboxylic acids is 1. The van der Waals surface area contributed by atoms with Crippen molar-refractivity contribution in [3.8, 4) is 11.5 Å². The standard InChI is InChI=1S/C24H35BrN2O6SSi/c1-6-35(7-2,8-3)33-23(18-9-12-22(28)21(14-18)27(5)34(30)31)15-26-24(29)16-32-19-10-11-20(25)17(4)13-19/h9-14,23,28H,6-8,15-16H2,1-5H3,(H,26,29)(H,30,31). The Hall–Kier alpha value is -1.92. The first-order valence-corrected chi connectivity index (χ1v) is 16.0. The second-order valence-corrected chi connectivity index (χ2v) is 14.9. The molecular formula is C24H35BrN2O6SSi. The summed E-state index contributed by atoms with van der Waals surface area (Å²) < 4.78 is 35.4. The van der Waals surface area contributed by atoms with Crippen LogP contribution in [0.25, 0.3) is 0 Å². The largest absolute Gasteiger partial charge is 0.506 e. The van der Waals surface area contributed by atoms with Crippen LogP contribution >= 0.6 is 15.9 Å². The summed E-state index contributed by atoms with van der Waals surface area (Å²) >= 11 is 1.14. The number of carbonyl (C=O) groups is 1. The van der Waals surface area contributed by atoms with Gasteiger partial charge >= 0.3 is 0 Å². The predicted molar refractivity (Wildman–Crippen MR) is 146 cm³/mol. The number of benzene rings is 2. The van der Waals surface area contributed by atoms with Crippen molar-refractivity contribution in [3.63, 3.8) is 0 Å². The first-order chi connectivity index (χ1) is 16.6. The number of nitrogens with zero attached hydrogens (tertiary/aromatic N) is 1. The number of rotatable bonds is 13. The third kappa shape index (κ3) is 8.04. The van der Waals surface area contributed by atoms with E-state index >= 15 is 0 Å². The van der Waals surface area contributed by atoms with Gasteiger partial charge in [-0.05, 0) is 66.5 Å². The van der Waals surface area contributed by atoms with Crippen LogP contribution in [-0.2, 0) is 20.5 Å². The number of anilines is 1. The third-order valence-electron chi connectivity index (χ3n) is 6.25. The van der Waals surface area contributed by atoms with Crippen LogP contribution in [0.15, 0.2) is 40.9 Å². The number of hydrogen-bond donors (Lipinski definition) is 3. The van der Waals surface area contributed by atoms with Crippen LogP contribution in [0.3, 0.4) is 0 Å². The molecule has 0 saturated heterocycles. The molecule has 0 heterocycles. The highest BCUT2D eigenvalue weighted by Crippen LogP contribution is 2.34. The molecule has 11 heteroatoms. The Balaban J connectivity index is 2.21. The molecule has 2 aromatic carbocycles. The zero-order valence-electron chi connectivity index (χ0n) is 20.8. The summed E-state index contributed by atoms with van der Waals surface area (Å²) in [6.45, 7) is 8.36. The molecule has 0 bridgehead atoms. The maximum Gasteiger partial charge on any atom is 0.261 e. The molecule has 0 saturated carbocycles. The van der Waals surface area contributed by atoms with Crippen molar-refractivity contribution >= 4 is 47.1 Å². The monoisotopic (exact) mass is 586 g/mol. The molecule has 2 aromatic rings. The van der Waals surface area contributed by atoms with Gasteiger partial charge in [-0.3, -0.25) is 13.7 Å². The van der Waals surface area contributed by atoms with Crippen molar-refractivity contribution in [2.24, 2.45) is 0 Å². The SMILES string of the molecule is CC[Si](CC)(CC)OC(CNC(=O)COc1ccc(Br)c(C)c1)c1ccc(O)c(N(C)S(=O)O)c1. The van der Waals surface area contributed by atoms with Crippen molar-refractivity contribution in [1.82, 2.24) is 5.32 Å². The van der Waals surface area contributed by atoms with Gasteiger partial charge in [0.25, 0.3) is 17.2 Å². The molecule has 0 spiro atoms. The van der Waals surface area contributed by atoms with E-state index in [4.69, 9.17) is 9.16 Å². The number of aryl methyl sites for hydroxylation is 1. The minimum Gasteiger partial charge on any atom is -0.506 e. The van der Waals surface area contributed by atoms with Gasteiger partial charge in [0.2, 0.25) is 0 Å². The molecule has 2 rings (SSSR count). The van der Waals surface area contributed by atoms with Crippen molar-refractivity contribution in [3.05, 3.63) is 52.0 Å². The maximum atomic E-state index is 12.6. The van der Waals surface area contributed by atoms with Gasteiger partial charge in [0.15, 0.2) is 14.9 Å². The van der Waals surface area contributed by atoms with E-state index in [0.717, 1.165) is 32.5 Å². The molecule has 8 nitrogen and oxygen atoms in total. The fourth-order valence-electron chi connectivity index (χ4n) is 3.72. The summed E-state index contributed by atoms with van der Waals surface area (Å²) in [6.07, 6.45) is -0.486. The average Bonchev–Trinajstić information content (AvgIpc) is 2.85. The van der Waals surface area contributed by atoms with Crippen LogP contribution in [0.4, 0.5) is 5.69 Å². The quantitative estimate of drug-likeness (QED) is 0.217.